The number of carbonyl (C=O) groups is 2. The summed E-state index contributed by atoms with van der Waals surface area (Å²) >= 11 is 1.30. The van der Waals surface area contributed by atoms with E-state index in [0.717, 1.165) is 16.8 Å². The number of aryl methyl sites for hydroxylation is 1. The molecule has 1 saturated heterocycles. The molecule has 1 heterocycles. The van der Waals surface area contributed by atoms with Gasteiger partial charge in [-0.1, -0.05) is 29.8 Å². The van der Waals surface area contributed by atoms with E-state index in [1.54, 1.807) is 25.3 Å². The normalized spacial score (nSPS) is 17.5. The molecule has 2 aromatic carbocycles. The quantitative estimate of drug-likeness (QED) is 0.850. The molecule has 0 bridgehead atoms. The summed E-state index contributed by atoms with van der Waals surface area (Å²) in [6.07, 6.45) is 1.74. The van der Waals surface area contributed by atoms with Gasteiger partial charge in [-0.05, 0) is 54.6 Å². The maximum absolute atomic E-state index is 12.4. The van der Waals surface area contributed by atoms with Crippen molar-refractivity contribution < 1.29 is 14.7 Å². The third-order valence-electron chi connectivity index (χ3n) is 3.72. The lowest BCUT2D eigenvalue weighted by molar-refractivity contribution is -0.121. The van der Waals surface area contributed by atoms with Crippen molar-refractivity contribution in [2.75, 3.05) is 7.05 Å². The van der Waals surface area contributed by atoms with E-state index in [1.807, 2.05) is 31.2 Å². The second-order valence-corrected chi connectivity index (χ2v) is 6.64. The van der Waals surface area contributed by atoms with Gasteiger partial charge in [-0.15, -0.1) is 0 Å². The van der Waals surface area contributed by atoms with Crippen LogP contribution in [0.1, 0.15) is 21.5 Å². The number of nitrogens with zero attached hydrogens (tertiary/aromatic N) is 2. The summed E-state index contributed by atoms with van der Waals surface area (Å²) in [7, 11) is 1.69. The van der Waals surface area contributed by atoms with Gasteiger partial charge in [-0.3, -0.25) is 9.69 Å². The zero-order chi connectivity index (χ0) is 18.0. The van der Waals surface area contributed by atoms with E-state index in [0.29, 0.717) is 10.1 Å². The van der Waals surface area contributed by atoms with E-state index >= 15 is 0 Å². The predicted octanol–water partition coefficient (Wildman–Crippen LogP) is 3.93. The first-order valence-corrected chi connectivity index (χ1v) is 8.42. The third-order valence-corrected chi connectivity index (χ3v) is 4.78. The minimum Gasteiger partial charge on any atom is -0.478 e. The molecule has 0 unspecified atom stereocenters. The second-order valence-electron chi connectivity index (χ2n) is 5.63. The molecule has 1 amide bonds. The smallest absolute Gasteiger partial charge is 0.335 e. The van der Waals surface area contributed by atoms with Crippen molar-refractivity contribution in [3.63, 3.8) is 0 Å². The van der Waals surface area contributed by atoms with Crippen LogP contribution >= 0.6 is 11.8 Å². The van der Waals surface area contributed by atoms with Crippen LogP contribution in [0.3, 0.4) is 0 Å². The van der Waals surface area contributed by atoms with Crippen LogP contribution < -0.4 is 0 Å². The van der Waals surface area contributed by atoms with Crippen molar-refractivity contribution in [3.05, 3.63) is 70.1 Å². The molecular formula is C19H16N2O3S. The van der Waals surface area contributed by atoms with Crippen LogP contribution in [0.5, 0.6) is 0 Å². The van der Waals surface area contributed by atoms with Crippen LogP contribution in [0.4, 0.5) is 5.69 Å². The van der Waals surface area contributed by atoms with Gasteiger partial charge in [-0.2, -0.15) is 0 Å². The van der Waals surface area contributed by atoms with Gasteiger partial charge in [0.1, 0.15) is 0 Å². The average molecular weight is 352 g/mol. The summed E-state index contributed by atoms with van der Waals surface area (Å²) < 4.78 is 0. The Labute approximate surface area is 149 Å². The number of hydrogen-bond acceptors (Lipinski definition) is 4. The first kappa shape index (κ1) is 17.0. The van der Waals surface area contributed by atoms with E-state index < -0.39 is 5.97 Å². The highest BCUT2D eigenvalue weighted by atomic mass is 32.2. The lowest BCUT2D eigenvalue weighted by Crippen LogP contribution is -2.23. The monoisotopic (exact) mass is 352 g/mol. The van der Waals surface area contributed by atoms with E-state index in [9.17, 15) is 9.59 Å². The lowest BCUT2D eigenvalue weighted by Gasteiger charge is -2.07. The Morgan fingerprint density at radius 2 is 1.76 bits per heavy atom. The Hall–Kier alpha value is -2.86. The van der Waals surface area contributed by atoms with Gasteiger partial charge in [-0.25, -0.2) is 9.79 Å². The summed E-state index contributed by atoms with van der Waals surface area (Å²) in [6, 6.07) is 14.2. The second kappa shape index (κ2) is 6.94. The molecule has 0 radical (unpaired) electrons. The van der Waals surface area contributed by atoms with E-state index in [4.69, 9.17) is 5.11 Å². The van der Waals surface area contributed by atoms with Crippen LogP contribution in [0.2, 0.25) is 0 Å². The number of benzene rings is 2. The van der Waals surface area contributed by atoms with Crippen LogP contribution in [0.25, 0.3) is 6.08 Å². The van der Waals surface area contributed by atoms with Crippen molar-refractivity contribution in [1.29, 1.82) is 0 Å². The SMILES string of the molecule is Cc1ccc(N=C2S/C(=C\c3ccc(C(=O)O)cc3)C(=O)N2C)cc1. The zero-order valence-electron chi connectivity index (χ0n) is 13.8. The Kier molecular flexibility index (Phi) is 4.72. The van der Waals surface area contributed by atoms with Gasteiger partial charge in [0.05, 0.1) is 16.2 Å². The van der Waals surface area contributed by atoms with Gasteiger partial charge < -0.3 is 5.11 Å². The maximum Gasteiger partial charge on any atom is 0.335 e. The molecule has 1 fully saturated rings. The summed E-state index contributed by atoms with van der Waals surface area (Å²) in [5.74, 6) is -1.10. The highest BCUT2D eigenvalue weighted by Crippen LogP contribution is 2.33. The maximum atomic E-state index is 12.4. The van der Waals surface area contributed by atoms with E-state index in [-0.39, 0.29) is 11.5 Å². The van der Waals surface area contributed by atoms with Crippen molar-refractivity contribution >= 4 is 40.6 Å². The number of rotatable bonds is 3. The third kappa shape index (κ3) is 3.80. The molecule has 0 aliphatic carbocycles. The number of carboxylic acid groups (broad SMARTS) is 1. The minimum absolute atomic E-state index is 0.127. The summed E-state index contributed by atoms with van der Waals surface area (Å²) in [4.78, 5) is 29.9. The Balaban J connectivity index is 1.85. The molecule has 0 saturated carbocycles. The van der Waals surface area contributed by atoms with Crippen molar-refractivity contribution in [2.45, 2.75) is 6.92 Å². The molecule has 25 heavy (non-hydrogen) atoms. The molecule has 0 atom stereocenters. The highest BCUT2D eigenvalue weighted by Gasteiger charge is 2.30. The number of carbonyl (C=O) groups excluding carboxylic acids is 1. The number of thioether (sulfide) groups is 1. The van der Waals surface area contributed by atoms with Crippen LogP contribution in [-0.4, -0.2) is 34.1 Å². The van der Waals surface area contributed by atoms with Gasteiger partial charge in [0, 0.05) is 7.05 Å². The molecule has 5 nitrogen and oxygen atoms in total. The predicted molar refractivity (Wildman–Crippen MR) is 100 cm³/mol. The summed E-state index contributed by atoms with van der Waals surface area (Å²) in [5.41, 5.74) is 2.93. The zero-order valence-corrected chi connectivity index (χ0v) is 14.6. The van der Waals surface area contributed by atoms with E-state index in [2.05, 4.69) is 4.99 Å². The molecule has 0 spiro atoms. The van der Waals surface area contributed by atoms with Gasteiger partial charge in [0.2, 0.25) is 0 Å². The fourth-order valence-corrected chi connectivity index (χ4v) is 3.24. The van der Waals surface area contributed by atoms with Crippen LogP contribution in [-0.2, 0) is 4.79 Å². The summed E-state index contributed by atoms with van der Waals surface area (Å²) in [5, 5.41) is 9.55. The molecule has 1 N–H and O–H groups in total. The molecule has 2 aromatic rings. The lowest BCUT2D eigenvalue weighted by atomic mass is 10.1. The first-order chi connectivity index (χ1) is 11.9. The van der Waals surface area contributed by atoms with Crippen molar-refractivity contribution in [3.8, 4) is 0 Å². The molecular weight excluding hydrogens is 336 g/mol. The van der Waals surface area contributed by atoms with Crippen molar-refractivity contribution in [1.82, 2.24) is 4.90 Å². The number of aromatic carboxylic acids is 1. The number of aliphatic imine (C=N–C) groups is 1. The fraction of sp³-hybridized carbons (Fsp3) is 0.105. The van der Waals surface area contributed by atoms with E-state index in [1.165, 1.54) is 28.8 Å². The van der Waals surface area contributed by atoms with Gasteiger partial charge in [0.25, 0.3) is 5.91 Å². The standard InChI is InChI=1S/C19H16N2O3S/c1-12-3-9-15(10-4-12)20-19-21(2)17(22)16(25-19)11-13-5-7-14(8-6-13)18(23)24/h3-11H,1-2H3,(H,23,24)/b16-11-,20-19?. The largest absolute Gasteiger partial charge is 0.478 e. The molecule has 3 rings (SSSR count). The topological polar surface area (TPSA) is 70.0 Å². The molecule has 6 heteroatoms. The van der Waals surface area contributed by atoms with Crippen molar-refractivity contribution in [2.24, 2.45) is 4.99 Å². The Morgan fingerprint density at radius 1 is 1.12 bits per heavy atom. The summed E-state index contributed by atoms with van der Waals surface area (Å²) in [6.45, 7) is 2.01. The number of hydrogen-bond donors (Lipinski definition) is 1. The Morgan fingerprint density at radius 3 is 2.36 bits per heavy atom. The van der Waals surface area contributed by atoms with Crippen LogP contribution in [0.15, 0.2) is 58.4 Å². The Bertz CT molecular complexity index is 884. The van der Waals surface area contributed by atoms with Gasteiger partial charge in [0.15, 0.2) is 5.17 Å². The van der Waals surface area contributed by atoms with Gasteiger partial charge >= 0.3 is 5.97 Å². The number of carboxylic acids is 1. The number of amidine groups is 1. The average Bonchev–Trinajstić information content (AvgIpc) is 2.85. The molecule has 1 aliphatic heterocycles. The molecule has 1 aliphatic rings. The molecule has 126 valence electrons. The fourth-order valence-electron chi connectivity index (χ4n) is 2.25. The van der Waals surface area contributed by atoms with Crippen LogP contribution in [0, 0.1) is 6.92 Å². The first-order valence-electron chi connectivity index (χ1n) is 7.60. The number of amides is 1. The highest BCUT2D eigenvalue weighted by molar-refractivity contribution is 8.18. The number of likely N-dealkylation sites (N-methyl/N-ethyl adjacent to an activating group) is 1. The molecule has 0 aromatic heterocycles. The minimum atomic E-state index is -0.974.